The number of rotatable bonds is 11. The summed E-state index contributed by atoms with van der Waals surface area (Å²) in [5, 5.41) is 17.4. The molecular weight excluding hydrogens is 244 g/mol. The molecule has 0 saturated carbocycles. The fourth-order valence-electron chi connectivity index (χ4n) is 0.983. The molecule has 0 bridgehead atoms. The summed E-state index contributed by atoms with van der Waals surface area (Å²) in [7, 11) is 0. The van der Waals surface area contributed by atoms with E-state index in [-0.39, 0.29) is 25.3 Å². The van der Waals surface area contributed by atoms with Gasteiger partial charge in [-0.25, -0.2) is 0 Å². The Kier molecular flexibility index (Phi) is 12.4. The number of nitrogens with two attached hydrogens (primary N) is 2. The molecule has 0 aliphatic rings. The molecule has 0 rings (SSSR count). The van der Waals surface area contributed by atoms with Crippen LogP contribution >= 0.6 is 23.5 Å². The van der Waals surface area contributed by atoms with Crippen LogP contribution in [0.25, 0.3) is 0 Å². The average molecular weight is 268 g/mol. The minimum atomic E-state index is -0.0815. The van der Waals surface area contributed by atoms with Crippen molar-refractivity contribution in [2.75, 3.05) is 36.2 Å². The zero-order chi connectivity index (χ0) is 12.2. The second-order valence-electron chi connectivity index (χ2n) is 3.74. The van der Waals surface area contributed by atoms with Gasteiger partial charge < -0.3 is 21.7 Å². The van der Waals surface area contributed by atoms with Crippen LogP contribution in [0.4, 0.5) is 0 Å². The summed E-state index contributed by atoms with van der Waals surface area (Å²) < 4.78 is 0. The molecule has 0 aromatic carbocycles. The molecule has 0 saturated heterocycles. The minimum Gasteiger partial charge on any atom is -0.395 e. The minimum absolute atomic E-state index is 0.0713. The van der Waals surface area contributed by atoms with Crippen molar-refractivity contribution in [2.24, 2.45) is 11.5 Å². The second-order valence-corrected chi connectivity index (χ2v) is 6.04. The molecule has 16 heavy (non-hydrogen) atoms. The molecule has 0 spiro atoms. The quantitative estimate of drug-likeness (QED) is 0.390. The summed E-state index contributed by atoms with van der Waals surface area (Å²) >= 11 is 3.59. The maximum atomic E-state index is 8.71. The normalized spacial score (nSPS) is 15.0. The molecule has 0 radical (unpaired) electrons. The molecular formula is C10H24N2O2S2. The van der Waals surface area contributed by atoms with Gasteiger partial charge in [-0.3, -0.25) is 0 Å². The van der Waals surface area contributed by atoms with Crippen LogP contribution in [0.2, 0.25) is 0 Å². The van der Waals surface area contributed by atoms with Crippen molar-refractivity contribution in [1.29, 1.82) is 0 Å². The van der Waals surface area contributed by atoms with E-state index >= 15 is 0 Å². The van der Waals surface area contributed by atoms with Crippen LogP contribution in [-0.2, 0) is 0 Å². The predicted molar refractivity (Wildman–Crippen MR) is 74.0 cm³/mol. The number of thioether (sulfide) groups is 2. The maximum Gasteiger partial charge on any atom is 0.0590 e. The Morgan fingerprint density at radius 1 is 0.812 bits per heavy atom. The number of hydrogen-bond donors (Lipinski definition) is 4. The monoisotopic (exact) mass is 268 g/mol. The summed E-state index contributed by atoms with van der Waals surface area (Å²) in [6.45, 7) is 0.143. The van der Waals surface area contributed by atoms with E-state index in [1.807, 2.05) is 0 Å². The van der Waals surface area contributed by atoms with Crippen LogP contribution < -0.4 is 11.5 Å². The molecule has 6 N–H and O–H groups in total. The van der Waals surface area contributed by atoms with Crippen molar-refractivity contribution in [3.05, 3.63) is 0 Å². The topological polar surface area (TPSA) is 92.5 Å². The summed E-state index contributed by atoms with van der Waals surface area (Å²) in [6.07, 6.45) is 2.34. The van der Waals surface area contributed by atoms with E-state index in [0.717, 1.165) is 23.0 Å². The standard InChI is InChI=1S/C10H24N2O2S2/c11-9(5-13)7-15-3-1-2-4-16-8-10(12)6-14/h9-10,13-14H,1-8,11-12H2. The second kappa shape index (κ2) is 12.0. The highest BCUT2D eigenvalue weighted by Gasteiger charge is 2.01. The Bertz CT molecular complexity index is 137. The Hall–Kier alpha value is 0.540. The van der Waals surface area contributed by atoms with E-state index in [9.17, 15) is 0 Å². The first kappa shape index (κ1) is 16.5. The number of unbranched alkanes of at least 4 members (excludes halogenated alkanes) is 1. The van der Waals surface area contributed by atoms with Crippen molar-refractivity contribution >= 4 is 23.5 Å². The van der Waals surface area contributed by atoms with Crippen LogP contribution in [0.3, 0.4) is 0 Å². The smallest absolute Gasteiger partial charge is 0.0590 e. The lowest BCUT2D eigenvalue weighted by molar-refractivity contribution is 0.275. The summed E-state index contributed by atoms with van der Waals surface area (Å²) in [5.41, 5.74) is 11.1. The number of hydrogen-bond acceptors (Lipinski definition) is 6. The molecule has 0 amide bonds. The highest BCUT2D eigenvalue weighted by atomic mass is 32.2. The predicted octanol–water partition coefficient (Wildman–Crippen LogP) is -0.128. The molecule has 2 unspecified atom stereocenters. The van der Waals surface area contributed by atoms with Crippen LogP contribution in [-0.4, -0.2) is 58.5 Å². The highest BCUT2D eigenvalue weighted by Crippen LogP contribution is 2.10. The fraction of sp³-hybridized carbons (Fsp3) is 1.00. The SMILES string of the molecule is NC(CO)CSCCCCSCC(N)CO. The van der Waals surface area contributed by atoms with Crippen molar-refractivity contribution in [3.63, 3.8) is 0 Å². The Morgan fingerprint density at radius 2 is 1.19 bits per heavy atom. The molecule has 0 aliphatic carbocycles. The van der Waals surface area contributed by atoms with Gasteiger partial charge in [0.05, 0.1) is 13.2 Å². The van der Waals surface area contributed by atoms with Crippen LogP contribution in [0.1, 0.15) is 12.8 Å². The van der Waals surface area contributed by atoms with Crippen LogP contribution in [0.15, 0.2) is 0 Å². The third kappa shape index (κ3) is 11.0. The van der Waals surface area contributed by atoms with Crippen molar-refractivity contribution < 1.29 is 10.2 Å². The summed E-state index contributed by atoms with van der Waals surface area (Å²) in [5.74, 6) is 3.86. The summed E-state index contributed by atoms with van der Waals surface area (Å²) in [4.78, 5) is 0. The van der Waals surface area contributed by atoms with Gasteiger partial charge in [0.2, 0.25) is 0 Å². The van der Waals surface area contributed by atoms with Gasteiger partial charge in [-0.1, -0.05) is 0 Å². The van der Waals surface area contributed by atoms with E-state index in [0.29, 0.717) is 0 Å². The molecule has 0 fully saturated rings. The first-order valence-electron chi connectivity index (χ1n) is 5.59. The third-order valence-electron chi connectivity index (χ3n) is 1.96. The molecule has 0 heterocycles. The largest absolute Gasteiger partial charge is 0.395 e. The zero-order valence-corrected chi connectivity index (χ0v) is 11.3. The number of aliphatic hydroxyl groups excluding tert-OH is 2. The molecule has 2 atom stereocenters. The Balaban J connectivity index is 3.04. The van der Waals surface area contributed by atoms with E-state index in [1.165, 1.54) is 12.8 Å². The van der Waals surface area contributed by atoms with Gasteiger partial charge in [0.15, 0.2) is 0 Å². The van der Waals surface area contributed by atoms with E-state index < -0.39 is 0 Å². The van der Waals surface area contributed by atoms with E-state index in [4.69, 9.17) is 21.7 Å². The number of aliphatic hydroxyl groups is 2. The maximum absolute atomic E-state index is 8.71. The summed E-state index contributed by atoms with van der Waals surface area (Å²) in [6, 6.07) is -0.163. The van der Waals surface area contributed by atoms with Gasteiger partial charge in [0, 0.05) is 23.6 Å². The van der Waals surface area contributed by atoms with E-state index in [2.05, 4.69) is 0 Å². The molecule has 0 aliphatic heterocycles. The van der Waals surface area contributed by atoms with E-state index in [1.54, 1.807) is 23.5 Å². The van der Waals surface area contributed by atoms with Gasteiger partial charge in [0.1, 0.15) is 0 Å². The van der Waals surface area contributed by atoms with Gasteiger partial charge in [0.25, 0.3) is 0 Å². The first-order valence-corrected chi connectivity index (χ1v) is 7.90. The van der Waals surface area contributed by atoms with Crippen LogP contribution in [0.5, 0.6) is 0 Å². The molecule has 0 aromatic rings. The van der Waals surface area contributed by atoms with Gasteiger partial charge in [-0.15, -0.1) is 0 Å². The van der Waals surface area contributed by atoms with Gasteiger partial charge in [-0.05, 0) is 24.3 Å². The third-order valence-corrected chi connectivity index (χ3v) is 4.44. The molecule has 98 valence electrons. The van der Waals surface area contributed by atoms with Crippen LogP contribution in [0, 0.1) is 0 Å². The lowest BCUT2D eigenvalue weighted by Crippen LogP contribution is -2.27. The lowest BCUT2D eigenvalue weighted by atomic mass is 10.4. The Morgan fingerprint density at radius 3 is 1.50 bits per heavy atom. The van der Waals surface area contributed by atoms with Crippen molar-refractivity contribution in [3.8, 4) is 0 Å². The first-order chi connectivity index (χ1) is 7.70. The fourth-order valence-corrected chi connectivity index (χ4v) is 2.95. The van der Waals surface area contributed by atoms with Gasteiger partial charge >= 0.3 is 0 Å². The zero-order valence-electron chi connectivity index (χ0n) is 9.68. The molecule has 4 nitrogen and oxygen atoms in total. The highest BCUT2D eigenvalue weighted by molar-refractivity contribution is 7.99. The Labute approximate surface area is 107 Å². The average Bonchev–Trinajstić information content (AvgIpc) is 2.31. The lowest BCUT2D eigenvalue weighted by Gasteiger charge is -2.08. The van der Waals surface area contributed by atoms with Crippen molar-refractivity contribution in [1.82, 2.24) is 0 Å². The molecule has 0 aromatic heterocycles. The molecule has 6 heteroatoms. The van der Waals surface area contributed by atoms with Gasteiger partial charge in [-0.2, -0.15) is 23.5 Å². The van der Waals surface area contributed by atoms with Crippen molar-refractivity contribution in [2.45, 2.75) is 24.9 Å².